The molecule has 0 aromatic heterocycles. The van der Waals surface area contributed by atoms with E-state index in [1.54, 1.807) is 6.08 Å². The molecule has 0 fully saturated rings. The minimum absolute atomic E-state index is 0.287. The Morgan fingerprint density at radius 3 is 1.47 bits per heavy atom. The summed E-state index contributed by atoms with van der Waals surface area (Å²) >= 11 is 0. The van der Waals surface area contributed by atoms with Crippen LogP contribution in [0.3, 0.4) is 0 Å². The van der Waals surface area contributed by atoms with Crippen molar-refractivity contribution in [1.29, 1.82) is 0 Å². The summed E-state index contributed by atoms with van der Waals surface area (Å²) in [5.41, 5.74) is 0. The Bertz CT molecular complexity index is 852. The monoisotopic (exact) mass is 654 g/mol. The normalized spacial score (nSPS) is 13.8. The summed E-state index contributed by atoms with van der Waals surface area (Å²) in [6.45, 7) is 4.48. The van der Waals surface area contributed by atoms with Crippen LogP contribution in [0.25, 0.3) is 0 Å². The summed E-state index contributed by atoms with van der Waals surface area (Å²) in [5, 5.41) is 13.2. The summed E-state index contributed by atoms with van der Waals surface area (Å²) in [6.07, 6.45) is 41.2. The van der Waals surface area contributed by atoms with Gasteiger partial charge in [-0.1, -0.05) is 159 Å². The van der Waals surface area contributed by atoms with Crippen LogP contribution in [-0.4, -0.2) is 41.9 Å². The van der Waals surface area contributed by atoms with E-state index in [2.05, 4.69) is 43.5 Å². The Morgan fingerprint density at radius 1 is 0.600 bits per heavy atom. The third-order valence-electron chi connectivity index (χ3n) is 8.31. The van der Waals surface area contributed by atoms with E-state index in [0.717, 1.165) is 57.8 Å². The smallest absolute Gasteiger partial charge is 0.267 e. The van der Waals surface area contributed by atoms with Crippen LogP contribution in [-0.2, 0) is 14.9 Å². The van der Waals surface area contributed by atoms with E-state index in [1.807, 2.05) is 6.08 Å². The van der Waals surface area contributed by atoms with Crippen molar-refractivity contribution in [3.05, 3.63) is 36.5 Å². The largest absolute Gasteiger partial charge is 0.387 e. The predicted octanol–water partition coefficient (Wildman–Crippen LogP) is 10.6. The van der Waals surface area contributed by atoms with Crippen LogP contribution in [0.15, 0.2) is 36.5 Å². The van der Waals surface area contributed by atoms with Crippen molar-refractivity contribution in [3.8, 4) is 0 Å². The van der Waals surface area contributed by atoms with E-state index in [1.165, 1.54) is 103 Å². The molecular formula is C38H71NO5S. The third kappa shape index (κ3) is 33.7. The molecule has 3 N–H and O–H groups in total. The van der Waals surface area contributed by atoms with E-state index in [-0.39, 0.29) is 12.3 Å². The third-order valence-corrected chi connectivity index (χ3v) is 9.09. The highest BCUT2D eigenvalue weighted by molar-refractivity contribution is 7.85. The van der Waals surface area contributed by atoms with Crippen LogP contribution in [0.1, 0.15) is 181 Å². The molecule has 0 aliphatic heterocycles. The molecule has 2 atom stereocenters. The standard InChI is InChI=1S/C38H71NO5S/c1-3-5-7-9-11-13-15-17-18-19-20-21-22-24-26-28-30-32-34-38(41)39-36(35-45(42,43)44)37(40)33-31-29-27-25-23-16-14-12-10-8-6-4-2/h13,15,18-19,31,33,36-37,40H,3-12,14,16-17,20-30,32,34-35H2,1-2H3,(H,39,41)(H,42,43,44)/b15-13-,19-18-,33-31+. The fourth-order valence-electron chi connectivity index (χ4n) is 5.48. The number of hydrogen-bond acceptors (Lipinski definition) is 4. The molecule has 0 aliphatic carbocycles. The van der Waals surface area contributed by atoms with E-state index >= 15 is 0 Å². The fraction of sp³-hybridized carbons (Fsp3) is 0.816. The first-order valence-corrected chi connectivity index (χ1v) is 20.3. The first-order valence-electron chi connectivity index (χ1n) is 18.7. The summed E-state index contributed by atoms with van der Waals surface area (Å²) in [7, 11) is -4.34. The molecule has 0 rings (SSSR count). The molecule has 0 aromatic carbocycles. The molecule has 2 unspecified atom stereocenters. The molecule has 0 saturated heterocycles. The zero-order valence-corrected chi connectivity index (χ0v) is 30.1. The summed E-state index contributed by atoms with van der Waals surface area (Å²) in [6, 6.07) is -1.06. The Balaban J connectivity index is 3.97. The van der Waals surface area contributed by atoms with Crippen molar-refractivity contribution >= 4 is 16.0 Å². The number of nitrogens with one attached hydrogen (secondary N) is 1. The van der Waals surface area contributed by atoms with Gasteiger partial charge in [0.05, 0.1) is 17.9 Å². The average molecular weight is 654 g/mol. The molecule has 1 amide bonds. The van der Waals surface area contributed by atoms with Crippen LogP contribution in [0, 0.1) is 0 Å². The molecule has 6 nitrogen and oxygen atoms in total. The number of unbranched alkanes of at least 4 members (excludes halogenated alkanes) is 21. The van der Waals surface area contributed by atoms with E-state index < -0.39 is 28.0 Å². The van der Waals surface area contributed by atoms with Crippen LogP contribution in [0.2, 0.25) is 0 Å². The van der Waals surface area contributed by atoms with Crippen LogP contribution < -0.4 is 5.32 Å². The van der Waals surface area contributed by atoms with E-state index in [4.69, 9.17) is 0 Å². The van der Waals surface area contributed by atoms with Gasteiger partial charge >= 0.3 is 0 Å². The zero-order chi connectivity index (χ0) is 33.3. The van der Waals surface area contributed by atoms with E-state index in [9.17, 15) is 22.9 Å². The van der Waals surface area contributed by atoms with Gasteiger partial charge in [-0.15, -0.1) is 0 Å². The maximum atomic E-state index is 12.5. The maximum Gasteiger partial charge on any atom is 0.267 e. The average Bonchev–Trinajstić information content (AvgIpc) is 3.00. The van der Waals surface area contributed by atoms with Crippen LogP contribution >= 0.6 is 0 Å². The Labute approximate surface area is 278 Å². The molecule has 0 aromatic rings. The Hall–Kier alpha value is -1.44. The molecule has 0 bridgehead atoms. The second kappa shape index (κ2) is 32.5. The number of aliphatic hydroxyl groups is 1. The lowest BCUT2D eigenvalue weighted by molar-refractivity contribution is -0.122. The second-order valence-electron chi connectivity index (χ2n) is 12.9. The molecule has 0 radical (unpaired) electrons. The molecule has 7 heteroatoms. The lowest BCUT2D eigenvalue weighted by Crippen LogP contribution is -2.46. The summed E-state index contributed by atoms with van der Waals surface area (Å²) in [5.74, 6) is -0.989. The maximum absolute atomic E-state index is 12.5. The number of aliphatic hydroxyl groups excluding tert-OH is 1. The van der Waals surface area contributed by atoms with Crippen molar-refractivity contribution in [2.45, 2.75) is 193 Å². The molecular weight excluding hydrogens is 582 g/mol. The number of rotatable bonds is 33. The van der Waals surface area contributed by atoms with Gasteiger partial charge in [0.2, 0.25) is 5.91 Å². The minimum atomic E-state index is -4.34. The zero-order valence-electron chi connectivity index (χ0n) is 29.2. The first-order chi connectivity index (χ1) is 21.8. The van der Waals surface area contributed by atoms with Gasteiger partial charge in [0.25, 0.3) is 10.1 Å². The quantitative estimate of drug-likeness (QED) is 0.0371. The Kier molecular flexibility index (Phi) is 31.5. The van der Waals surface area contributed by atoms with Gasteiger partial charge in [0.15, 0.2) is 0 Å². The van der Waals surface area contributed by atoms with Gasteiger partial charge in [-0.2, -0.15) is 8.42 Å². The highest BCUT2D eigenvalue weighted by atomic mass is 32.2. The second-order valence-corrected chi connectivity index (χ2v) is 14.4. The lowest BCUT2D eigenvalue weighted by Gasteiger charge is -2.21. The van der Waals surface area contributed by atoms with Gasteiger partial charge in [-0.05, 0) is 51.4 Å². The SMILES string of the molecule is CCCCCC/C=C\C/C=C\CCCCCCCCCC(=O)NC(CS(=O)(=O)O)C(O)/C=C/CCCCCCCCCCCC. The van der Waals surface area contributed by atoms with Crippen molar-refractivity contribution in [2.75, 3.05) is 5.75 Å². The fourth-order valence-corrected chi connectivity index (χ4v) is 6.21. The molecule has 0 aliphatic rings. The molecule has 45 heavy (non-hydrogen) atoms. The van der Waals surface area contributed by atoms with Gasteiger partial charge in [-0.3, -0.25) is 9.35 Å². The first kappa shape index (κ1) is 43.6. The number of carbonyl (C=O) groups is 1. The molecule has 264 valence electrons. The number of amides is 1. The molecule has 0 spiro atoms. The lowest BCUT2D eigenvalue weighted by atomic mass is 10.1. The van der Waals surface area contributed by atoms with Crippen LogP contribution in [0.4, 0.5) is 0 Å². The summed E-state index contributed by atoms with van der Waals surface area (Å²) < 4.78 is 32.3. The van der Waals surface area contributed by atoms with Crippen LogP contribution in [0.5, 0.6) is 0 Å². The van der Waals surface area contributed by atoms with Crippen molar-refractivity contribution < 1.29 is 22.9 Å². The topological polar surface area (TPSA) is 104 Å². The van der Waals surface area contributed by atoms with Gasteiger partial charge in [0.1, 0.15) is 0 Å². The van der Waals surface area contributed by atoms with Crippen molar-refractivity contribution in [2.24, 2.45) is 0 Å². The number of hydrogen-bond donors (Lipinski definition) is 3. The number of carbonyl (C=O) groups excluding carboxylic acids is 1. The van der Waals surface area contributed by atoms with Gasteiger partial charge < -0.3 is 10.4 Å². The van der Waals surface area contributed by atoms with Crippen molar-refractivity contribution in [1.82, 2.24) is 5.32 Å². The highest BCUT2D eigenvalue weighted by Crippen LogP contribution is 2.13. The van der Waals surface area contributed by atoms with Crippen molar-refractivity contribution in [3.63, 3.8) is 0 Å². The van der Waals surface area contributed by atoms with E-state index in [0.29, 0.717) is 0 Å². The minimum Gasteiger partial charge on any atom is -0.387 e. The Morgan fingerprint density at radius 2 is 1.00 bits per heavy atom. The highest BCUT2D eigenvalue weighted by Gasteiger charge is 2.24. The summed E-state index contributed by atoms with van der Waals surface area (Å²) in [4.78, 5) is 12.5. The van der Waals surface area contributed by atoms with Gasteiger partial charge in [-0.25, -0.2) is 0 Å². The number of allylic oxidation sites excluding steroid dienone is 5. The molecule has 0 saturated carbocycles. The van der Waals surface area contributed by atoms with Gasteiger partial charge in [0, 0.05) is 6.42 Å². The predicted molar refractivity (Wildman–Crippen MR) is 193 cm³/mol. The molecule has 0 heterocycles.